The van der Waals surface area contributed by atoms with Crippen LogP contribution < -0.4 is 5.32 Å². The molecule has 0 aromatic carbocycles. The Labute approximate surface area is 111 Å². The number of likely N-dealkylation sites (N-methyl/N-ethyl adjacent to an activating group) is 1. The smallest absolute Gasteiger partial charge is 0.0935 e. The van der Waals surface area contributed by atoms with Crippen molar-refractivity contribution in [3.05, 3.63) is 24.2 Å². The Morgan fingerprint density at radius 2 is 2.17 bits per heavy atom. The molecule has 2 unspecified atom stereocenters. The second-order valence-corrected chi connectivity index (χ2v) is 5.58. The molecule has 2 atom stereocenters. The molecular weight excluding hydrogens is 224 g/mol. The van der Waals surface area contributed by atoms with Crippen LogP contribution in [0.15, 0.2) is 23.0 Å². The van der Waals surface area contributed by atoms with E-state index >= 15 is 0 Å². The fourth-order valence-electron chi connectivity index (χ4n) is 3.20. The third-order valence-corrected chi connectivity index (χ3v) is 4.66. The van der Waals surface area contributed by atoms with Gasteiger partial charge in [0.15, 0.2) is 0 Å². The molecule has 3 nitrogen and oxygen atoms in total. The molecule has 1 N–H and O–H groups in total. The first-order valence-corrected chi connectivity index (χ1v) is 7.14. The van der Waals surface area contributed by atoms with Gasteiger partial charge in [0.25, 0.3) is 0 Å². The monoisotopic (exact) mass is 250 g/mol. The zero-order chi connectivity index (χ0) is 13.0. The average molecular weight is 250 g/mol. The molecule has 1 aromatic heterocycles. The molecule has 2 heterocycles. The van der Waals surface area contributed by atoms with Gasteiger partial charge >= 0.3 is 0 Å². The summed E-state index contributed by atoms with van der Waals surface area (Å²) in [5, 5.41) is 3.53. The van der Waals surface area contributed by atoms with Crippen LogP contribution in [-0.4, -0.2) is 36.6 Å². The molecular formula is C15H26N2O. The molecule has 0 aliphatic carbocycles. The number of hydrogen-bond donors (Lipinski definition) is 1. The van der Waals surface area contributed by atoms with E-state index in [0.717, 1.165) is 6.42 Å². The highest BCUT2D eigenvalue weighted by molar-refractivity contribution is 5.11. The van der Waals surface area contributed by atoms with Crippen LogP contribution >= 0.6 is 0 Å². The number of hydrogen-bond acceptors (Lipinski definition) is 3. The van der Waals surface area contributed by atoms with Gasteiger partial charge in [0, 0.05) is 11.6 Å². The van der Waals surface area contributed by atoms with Gasteiger partial charge in [-0.3, -0.25) is 4.90 Å². The predicted molar refractivity (Wildman–Crippen MR) is 74.8 cm³/mol. The van der Waals surface area contributed by atoms with E-state index in [1.807, 2.05) is 6.26 Å². The summed E-state index contributed by atoms with van der Waals surface area (Å²) < 4.78 is 5.19. The minimum atomic E-state index is 0.239. The number of furan rings is 1. The Bertz CT molecular complexity index is 343. The highest BCUT2D eigenvalue weighted by atomic mass is 16.3. The predicted octanol–water partition coefficient (Wildman–Crippen LogP) is 2.67. The summed E-state index contributed by atoms with van der Waals surface area (Å²) in [6, 6.07) is 2.54. The maximum Gasteiger partial charge on any atom is 0.0935 e. The van der Waals surface area contributed by atoms with E-state index in [0.29, 0.717) is 6.04 Å². The molecule has 2 rings (SSSR count). The summed E-state index contributed by atoms with van der Waals surface area (Å²) in [6.07, 6.45) is 8.53. The SMILES string of the molecule is CCC(C)(C(Cc1ccoc1)NC)N1CCCC1. The van der Waals surface area contributed by atoms with E-state index in [-0.39, 0.29) is 5.54 Å². The van der Waals surface area contributed by atoms with E-state index in [2.05, 4.69) is 37.2 Å². The maximum atomic E-state index is 5.19. The third-order valence-electron chi connectivity index (χ3n) is 4.66. The van der Waals surface area contributed by atoms with Crippen molar-refractivity contribution in [3.63, 3.8) is 0 Å². The van der Waals surface area contributed by atoms with Gasteiger partial charge in [-0.25, -0.2) is 0 Å². The first-order chi connectivity index (χ1) is 8.70. The molecule has 1 aliphatic heterocycles. The summed E-state index contributed by atoms with van der Waals surface area (Å²) in [7, 11) is 2.08. The molecule has 1 aromatic rings. The molecule has 0 radical (unpaired) electrons. The number of nitrogens with one attached hydrogen (secondary N) is 1. The van der Waals surface area contributed by atoms with Crippen molar-refractivity contribution >= 4 is 0 Å². The van der Waals surface area contributed by atoms with Gasteiger partial charge in [-0.2, -0.15) is 0 Å². The lowest BCUT2D eigenvalue weighted by Crippen LogP contribution is -2.58. The van der Waals surface area contributed by atoms with E-state index in [1.54, 1.807) is 6.26 Å². The zero-order valence-electron chi connectivity index (χ0n) is 11.9. The quantitative estimate of drug-likeness (QED) is 0.841. The minimum absolute atomic E-state index is 0.239. The van der Waals surface area contributed by atoms with Crippen molar-refractivity contribution in [1.29, 1.82) is 0 Å². The van der Waals surface area contributed by atoms with Crippen molar-refractivity contribution in [2.45, 2.75) is 51.1 Å². The second kappa shape index (κ2) is 5.89. The molecule has 3 heteroatoms. The van der Waals surface area contributed by atoms with Crippen LogP contribution in [0.1, 0.15) is 38.7 Å². The van der Waals surface area contributed by atoms with E-state index in [1.165, 1.54) is 37.9 Å². The summed E-state index contributed by atoms with van der Waals surface area (Å²) in [6.45, 7) is 7.19. The van der Waals surface area contributed by atoms with Gasteiger partial charge in [-0.15, -0.1) is 0 Å². The Morgan fingerprint density at radius 3 is 2.67 bits per heavy atom. The minimum Gasteiger partial charge on any atom is -0.472 e. The van der Waals surface area contributed by atoms with Gasteiger partial charge in [0.1, 0.15) is 0 Å². The Kier molecular flexibility index (Phi) is 4.46. The third kappa shape index (κ3) is 2.62. The summed E-state index contributed by atoms with van der Waals surface area (Å²) in [4.78, 5) is 2.66. The normalized spacial score (nSPS) is 21.9. The topological polar surface area (TPSA) is 28.4 Å². The zero-order valence-corrected chi connectivity index (χ0v) is 11.9. The van der Waals surface area contributed by atoms with Crippen LogP contribution in [0.25, 0.3) is 0 Å². The maximum absolute atomic E-state index is 5.19. The van der Waals surface area contributed by atoms with Crippen LogP contribution in [0.4, 0.5) is 0 Å². The number of nitrogens with zero attached hydrogens (tertiary/aromatic N) is 1. The average Bonchev–Trinajstić information content (AvgIpc) is 3.07. The van der Waals surface area contributed by atoms with E-state index in [4.69, 9.17) is 4.42 Å². The lowest BCUT2D eigenvalue weighted by atomic mass is 9.84. The molecule has 102 valence electrons. The molecule has 1 aliphatic rings. The van der Waals surface area contributed by atoms with Crippen LogP contribution in [0.2, 0.25) is 0 Å². The summed E-state index contributed by atoms with van der Waals surface area (Å²) in [5.41, 5.74) is 1.52. The molecule has 1 saturated heterocycles. The molecule has 0 amide bonds. The molecule has 0 bridgehead atoms. The molecule has 1 fully saturated rings. The Morgan fingerprint density at radius 1 is 1.44 bits per heavy atom. The van der Waals surface area contributed by atoms with E-state index < -0.39 is 0 Å². The molecule has 0 spiro atoms. The Balaban J connectivity index is 2.11. The van der Waals surface area contributed by atoms with Crippen LogP contribution in [0, 0.1) is 0 Å². The van der Waals surface area contributed by atoms with E-state index in [9.17, 15) is 0 Å². The highest BCUT2D eigenvalue weighted by Gasteiger charge is 2.38. The fourth-order valence-corrected chi connectivity index (χ4v) is 3.20. The molecule has 18 heavy (non-hydrogen) atoms. The van der Waals surface area contributed by atoms with Gasteiger partial charge in [-0.1, -0.05) is 6.92 Å². The van der Waals surface area contributed by atoms with Gasteiger partial charge < -0.3 is 9.73 Å². The van der Waals surface area contributed by atoms with Crippen molar-refractivity contribution in [1.82, 2.24) is 10.2 Å². The molecule has 0 saturated carbocycles. The van der Waals surface area contributed by atoms with Crippen molar-refractivity contribution in [2.24, 2.45) is 0 Å². The number of rotatable bonds is 6. The second-order valence-electron chi connectivity index (χ2n) is 5.58. The van der Waals surface area contributed by atoms with Crippen molar-refractivity contribution in [3.8, 4) is 0 Å². The van der Waals surface area contributed by atoms with Crippen molar-refractivity contribution in [2.75, 3.05) is 20.1 Å². The first-order valence-electron chi connectivity index (χ1n) is 7.14. The summed E-state index contributed by atoms with van der Waals surface area (Å²) >= 11 is 0. The van der Waals surface area contributed by atoms with Gasteiger partial charge in [0.2, 0.25) is 0 Å². The lowest BCUT2D eigenvalue weighted by molar-refractivity contribution is 0.0872. The van der Waals surface area contributed by atoms with Gasteiger partial charge in [-0.05, 0) is 64.4 Å². The van der Waals surface area contributed by atoms with Crippen LogP contribution in [0.5, 0.6) is 0 Å². The largest absolute Gasteiger partial charge is 0.472 e. The highest BCUT2D eigenvalue weighted by Crippen LogP contribution is 2.29. The van der Waals surface area contributed by atoms with Crippen LogP contribution in [-0.2, 0) is 6.42 Å². The fraction of sp³-hybridized carbons (Fsp3) is 0.733. The van der Waals surface area contributed by atoms with Crippen LogP contribution in [0.3, 0.4) is 0 Å². The Hall–Kier alpha value is -0.800. The lowest BCUT2D eigenvalue weighted by Gasteiger charge is -2.44. The standard InChI is InChI=1S/C15H26N2O/c1-4-15(2,17-8-5-6-9-17)14(16-3)11-13-7-10-18-12-13/h7,10,12,14,16H,4-6,8-9,11H2,1-3H3. The first kappa shape index (κ1) is 13.6. The summed E-state index contributed by atoms with van der Waals surface area (Å²) in [5.74, 6) is 0. The number of likely N-dealkylation sites (tertiary alicyclic amines) is 1. The van der Waals surface area contributed by atoms with Gasteiger partial charge in [0.05, 0.1) is 12.5 Å². The van der Waals surface area contributed by atoms with Crippen molar-refractivity contribution < 1.29 is 4.42 Å².